The topological polar surface area (TPSA) is 58.4 Å². The first-order chi connectivity index (χ1) is 9.15. The number of fused-ring (bicyclic) bond motifs is 1. The molecule has 0 bridgehead atoms. The zero-order chi connectivity index (χ0) is 13.4. The standard InChI is InChI=1S/C13H16FN3O2/c14-10-3-4-12(17(18)19)13(6-10)16-7-9-2-1-5-15-11(9)8-16/h3-4,6,9,11,15H,1-2,5,7-8H2/t9-,11+/m0/s1. The Morgan fingerprint density at radius 1 is 1.42 bits per heavy atom. The molecule has 0 amide bonds. The molecule has 0 unspecified atom stereocenters. The normalized spacial score (nSPS) is 26.3. The Kier molecular flexibility index (Phi) is 3.10. The Hall–Kier alpha value is -1.69. The quantitative estimate of drug-likeness (QED) is 0.655. The van der Waals surface area contributed by atoms with Crippen LogP contribution in [-0.2, 0) is 0 Å². The summed E-state index contributed by atoms with van der Waals surface area (Å²) in [5, 5.41) is 14.5. The molecule has 3 rings (SSSR count). The van der Waals surface area contributed by atoms with Crippen LogP contribution in [0.25, 0.3) is 0 Å². The third-order valence-electron chi connectivity index (χ3n) is 4.07. The average Bonchev–Trinajstić information content (AvgIpc) is 2.81. The van der Waals surface area contributed by atoms with Gasteiger partial charge in [0, 0.05) is 31.3 Å². The second kappa shape index (κ2) is 4.77. The Balaban J connectivity index is 1.90. The number of hydrogen-bond acceptors (Lipinski definition) is 4. The van der Waals surface area contributed by atoms with Gasteiger partial charge in [0.2, 0.25) is 0 Å². The number of nitrogens with zero attached hydrogens (tertiary/aromatic N) is 2. The van der Waals surface area contributed by atoms with Gasteiger partial charge >= 0.3 is 0 Å². The van der Waals surface area contributed by atoms with Crippen molar-refractivity contribution in [3.63, 3.8) is 0 Å². The van der Waals surface area contributed by atoms with E-state index in [0.29, 0.717) is 17.6 Å². The lowest BCUT2D eigenvalue weighted by molar-refractivity contribution is -0.384. The van der Waals surface area contributed by atoms with Gasteiger partial charge in [-0.3, -0.25) is 10.1 Å². The largest absolute Gasteiger partial charge is 0.364 e. The molecule has 2 atom stereocenters. The van der Waals surface area contributed by atoms with Gasteiger partial charge in [-0.1, -0.05) is 0 Å². The van der Waals surface area contributed by atoms with Gasteiger partial charge in [-0.05, 0) is 31.4 Å². The molecule has 0 aromatic heterocycles. The average molecular weight is 265 g/mol. The molecule has 102 valence electrons. The van der Waals surface area contributed by atoms with Crippen molar-refractivity contribution in [1.82, 2.24) is 5.32 Å². The summed E-state index contributed by atoms with van der Waals surface area (Å²) in [6, 6.07) is 4.04. The minimum Gasteiger partial charge on any atom is -0.364 e. The molecule has 2 heterocycles. The Bertz CT molecular complexity index is 495. The molecular weight excluding hydrogens is 249 g/mol. The third kappa shape index (κ3) is 2.28. The van der Waals surface area contributed by atoms with Gasteiger partial charge in [-0.25, -0.2) is 4.39 Å². The summed E-state index contributed by atoms with van der Waals surface area (Å²) in [5.41, 5.74) is 0.390. The van der Waals surface area contributed by atoms with Crippen LogP contribution in [0.3, 0.4) is 0 Å². The van der Waals surface area contributed by atoms with Crippen LogP contribution >= 0.6 is 0 Å². The molecule has 2 fully saturated rings. The van der Waals surface area contributed by atoms with Crippen LogP contribution in [0.5, 0.6) is 0 Å². The summed E-state index contributed by atoms with van der Waals surface area (Å²) < 4.78 is 13.4. The molecule has 2 aliphatic heterocycles. The van der Waals surface area contributed by atoms with Crippen LogP contribution in [0.15, 0.2) is 18.2 Å². The second-order valence-corrected chi connectivity index (χ2v) is 5.26. The van der Waals surface area contributed by atoms with E-state index in [9.17, 15) is 14.5 Å². The van der Waals surface area contributed by atoms with Gasteiger partial charge in [0.15, 0.2) is 0 Å². The fourth-order valence-corrected chi connectivity index (χ4v) is 3.15. The van der Waals surface area contributed by atoms with E-state index in [2.05, 4.69) is 5.32 Å². The molecule has 5 nitrogen and oxygen atoms in total. The van der Waals surface area contributed by atoms with Crippen LogP contribution in [0, 0.1) is 21.8 Å². The minimum atomic E-state index is -0.440. The number of hydrogen-bond donors (Lipinski definition) is 1. The number of benzene rings is 1. The predicted octanol–water partition coefficient (Wildman–Crippen LogP) is 1.92. The fourth-order valence-electron chi connectivity index (χ4n) is 3.15. The van der Waals surface area contributed by atoms with Gasteiger partial charge in [-0.15, -0.1) is 0 Å². The molecule has 0 aliphatic carbocycles. The van der Waals surface area contributed by atoms with Crippen molar-refractivity contribution in [3.8, 4) is 0 Å². The predicted molar refractivity (Wildman–Crippen MR) is 69.8 cm³/mol. The van der Waals surface area contributed by atoms with Crippen molar-refractivity contribution in [3.05, 3.63) is 34.1 Å². The first-order valence-corrected chi connectivity index (χ1v) is 6.57. The lowest BCUT2D eigenvalue weighted by atomic mass is 9.94. The van der Waals surface area contributed by atoms with E-state index < -0.39 is 10.7 Å². The Labute approximate surface area is 110 Å². The summed E-state index contributed by atoms with van der Waals surface area (Å²) in [5.74, 6) is 0.0834. The molecule has 19 heavy (non-hydrogen) atoms. The molecule has 2 saturated heterocycles. The highest BCUT2D eigenvalue weighted by Crippen LogP contribution is 2.34. The SMILES string of the molecule is O=[N+]([O-])c1ccc(F)cc1N1C[C@@H]2CCCN[C@@H]2C1. The Morgan fingerprint density at radius 2 is 2.26 bits per heavy atom. The number of nitrogens with one attached hydrogen (secondary N) is 1. The van der Waals surface area contributed by atoms with Crippen LogP contribution < -0.4 is 10.2 Å². The van der Waals surface area contributed by atoms with Crippen molar-refractivity contribution in [1.29, 1.82) is 0 Å². The lowest BCUT2D eigenvalue weighted by Gasteiger charge is -2.24. The Morgan fingerprint density at radius 3 is 3.00 bits per heavy atom. The van der Waals surface area contributed by atoms with Crippen LogP contribution in [-0.4, -0.2) is 30.6 Å². The minimum absolute atomic E-state index is 0.0138. The van der Waals surface area contributed by atoms with Crippen molar-refractivity contribution < 1.29 is 9.31 Å². The maximum atomic E-state index is 13.4. The van der Waals surface area contributed by atoms with E-state index in [4.69, 9.17) is 0 Å². The highest BCUT2D eigenvalue weighted by atomic mass is 19.1. The highest BCUT2D eigenvalue weighted by molar-refractivity contribution is 5.64. The molecule has 1 aromatic carbocycles. The second-order valence-electron chi connectivity index (χ2n) is 5.26. The van der Waals surface area contributed by atoms with E-state index in [-0.39, 0.29) is 5.69 Å². The van der Waals surface area contributed by atoms with Gasteiger partial charge in [0.05, 0.1) is 4.92 Å². The summed E-state index contributed by atoms with van der Waals surface area (Å²) in [4.78, 5) is 12.5. The van der Waals surface area contributed by atoms with E-state index in [1.165, 1.54) is 12.1 Å². The highest BCUT2D eigenvalue weighted by Gasteiger charge is 2.36. The van der Waals surface area contributed by atoms with Crippen LogP contribution in [0.1, 0.15) is 12.8 Å². The smallest absolute Gasteiger partial charge is 0.292 e. The van der Waals surface area contributed by atoms with Crippen molar-refractivity contribution >= 4 is 11.4 Å². The van der Waals surface area contributed by atoms with E-state index in [0.717, 1.165) is 38.5 Å². The van der Waals surface area contributed by atoms with Crippen molar-refractivity contribution in [2.75, 3.05) is 24.5 Å². The molecule has 0 radical (unpaired) electrons. The molecule has 1 aromatic rings. The maximum absolute atomic E-state index is 13.4. The number of piperidine rings is 1. The molecule has 1 N–H and O–H groups in total. The molecule has 2 aliphatic rings. The van der Waals surface area contributed by atoms with E-state index >= 15 is 0 Å². The summed E-state index contributed by atoms with van der Waals surface area (Å²) in [6.07, 6.45) is 2.28. The summed E-state index contributed by atoms with van der Waals surface area (Å²) in [7, 11) is 0. The first kappa shape index (κ1) is 12.3. The first-order valence-electron chi connectivity index (χ1n) is 6.57. The molecular formula is C13H16FN3O2. The number of nitro benzene ring substituents is 1. The van der Waals surface area contributed by atoms with Crippen molar-refractivity contribution in [2.45, 2.75) is 18.9 Å². The molecule has 0 spiro atoms. The molecule has 0 saturated carbocycles. The maximum Gasteiger partial charge on any atom is 0.292 e. The van der Waals surface area contributed by atoms with Gasteiger partial charge in [-0.2, -0.15) is 0 Å². The monoisotopic (exact) mass is 265 g/mol. The van der Waals surface area contributed by atoms with Gasteiger partial charge in [0.1, 0.15) is 11.5 Å². The van der Waals surface area contributed by atoms with E-state index in [1.54, 1.807) is 0 Å². The number of halogens is 1. The number of rotatable bonds is 2. The third-order valence-corrected chi connectivity index (χ3v) is 4.07. The van der Waals surface area contributed by atoms with Crippen LogP contribution in [0.4, 0.5) is 15.8 Å². The van der Waals surface area contributed by atoms with Crippen LogP contribution in [0.2, 0.25) is 0 Å². The number of nitro groups is 1. The number of anilines is 1. The molecule has 6 heteroatoms. The van der Waals surface area contributed by atoms with Gasteiger partial charge < -0.3 is 10.2 Å². The lowest BCUT2D eigenvalue weighted by Crippen LogP contribution is -2.40. The van der Waals surface area contributed by atoms with Gasteiger partial charge in [0.25, 0.3) is 5.69 Å². The zero-order valence-corrected chi connectivity index (χ0v) is 10.5. The zero-order valence-electron chi connectivity index (χ0n) is 10.5. The van der Waals surface area contributed by atoms with E-state index in [1.807, 2.05) is 4.90 Å². The fraction of sp³-hybridized carbons (Fsp3) is 0.538. The van der Waals surface area contributed by atoms with Crippen molar-refractivity contribution in [2.24, 2.45) is 5.92 Å². The summed E-state index contributed by atoms with van der Waals surface area (Å²) >= 11 is 0. The summed E-state index contributed by atoms with van der Waals surface area (Å²) in [6.45, 7) is 2.48.